The molecule has 1 aliphatic heterocycles. The van der Waals surface area contributed by atoms with Crippen molar-refractivity contribution in [2.24, 2.45) is 0 Å². The Morgan fingerprint density at radius 1 is 1.03 bits per heavy atom. The van der Waals surface area contributed by atoms with E-state index in [9.17, 15) is 22.4 Å². The number of halogens is 1. The molecular formula is C20H21FN2O5S. The molecule has 0 saturated carbocycles. The summed E-state index contributed by atoms with van der Waals surface area (Å²) in [5.74, 6) is -0.627. The lowest BCUT2D eigenvalue weighted by molar-refractivity contribution is -0.134. The number of Topliss-reactive ketones (excluding diaryl/α,β-unsaturated/α-hetero) is 1. The highest BCUT2D eigenvalue weighted by Crippen LogP contribution is 2.19. The minimum absolute atomic E-state index is 0.108. The van der Waals surface area contributed by atoms with Gasteiger partial charge < -0.3 is 9.64 Å². The van der Waals surface area contributed by atoms with Gasteiger partial charge in [0.15, 0.2) is 12.4 Å². The molecule has 29 heavy (non-hydrogen) atoms. The zero-order chi connectivity index (χ0) is 21.0. The van der Waals surface area contributed by atoms with Crippen LogP contribution in [0.1, 0.15) is 17.3 Å². The quantitative estimate of drug-likeness (QED) is 0.667. The number of hydrogen-bond acceptors (Lipinski definition) is 5. The first-order chi connectivity index (χ1) is 13.8. The number of rotatable bonds is 6. The molecule has 1 heterocycles. The van der Waals surface area contributed by atoms with E-state index >= 15 is 0 Å². The molecule has 9 heteroatoms. The Balaban J connectivity index is 1.56. The highest BCUT2D eigenvalue weighted by molar-refractivity contribution is 7.89. The second kappa shape index (κ2) is 8.71. The van der Waals surface area contributed by atoms with Crippen molar-refractivity contribution in [3.63, 3.8) is 0 Å². The highest BCUT2D eigenvalue weighted by atomic mass is 32.2. The fourth-order valence-electron chi connectivity index (χ4n) is 2.98. The Bertz CT molecular complexity index is 1000. The fourth-order valence-corrected chi connectivity index (χ4v) is 4.40. The van der Waals surface area contributed by atoms with Gasteiger partial charge in [0, 0.05) is 37.8 Å². The number of carbonyl (C=O) groups is 2. The zero-order valence-electron chi connectivity index (χ0n) is 15.9. The van der Waals surface area contributed by atoms with Crippen molar-refractivity contribution in [2.75, 3.05) is 32.8 Å². The molecular weight excluding hydrogens is 399 g/mol. The van der Waals surface area contributed by atoms with E-state index < -0.39 is 15.8 Å². The number of ether oxygens (including phenoxy) is 1. The third-order valence-electron chi connectivity index (χ3n) is 4.65. The first-order valence-electron chi connectivity index (χ1n) is 9.04. The topological polar surface area (TPSA) is 84.0 Å². The van der Waals surface area contributed by atoms with Crippen molar-refractivity contribution in [1.29, 1.82) is 0 Å². The SMILES string of the molecule is CC(=O)c1ccc(S(=O)(=O)N2CCN(C(=O)COc3cccc(F)c3)CC2)cc1. The second-order valence-electron chi connectivity index (χ2n) is 6.61. The average molecular weight is 420 g/mol. The lowest BCUT2D eigenvalue weighted by Crippen LogP contribution is -2.51. The van der Waals surface area contributed by atoms with Crippen molar-refractivity contribution in [3.05, 3.63) is 59.9 Å². The molecule has 1 saturated heterocycles. The molecule has 2 aromatic carbocycles. The second-order valence-corrected chi connectivity index (χ2v) is 8.55. The number of nitrogens with zero attached hydrogens (tertiary/aromatic N) is 2. The van der Waals surface area contributed by atoms with Crippen LogP contribution in [0.4, 0.5) is 4.39 Å². The first kappa shape index (κ1) is 20.9. The first-order valence-corrected chi connectivity index (χ1v) is 10.5. The molecule has 1 amide bonds. The van der Waals surface area contributed by atoms with Gasteiger partial charge in [0.25, 0.3) is 5.91 Å². The van der Waals surface area contributed by atoms with E-state index in [1.807, 2.05) is 0 Å². The van der Waals surface area contributed by atoms with Gasteiger partial charge in [0.05, 0.1) is 4.90 Å². The van der Waals surface area contributed by atoms with Crippen molar-refractivity contribution in [3.8, 4) is 5.75 Å². The summed E-state index contributed by atoms with van der Waals surface area (Å²) < 4.78 is 45.3. The van der Waals surface area contributed by atoms with Crippen LogP contribution in [0.5, 0.6) is 5.75 Å². The standard InChI is InChI=1S/C20H21FN2O5S/c1-15(24)16-5-7-19(8-6-16)29(26,27)23-11-9-22(10-12-23)20(25)14-28-18-4-2-3-17(21)13-18/h2-8,13H,9-12,14H2,1H3. The van der Waals surface area contributed by atoms with Crippen LogP contribution in [0.2, 0.25) is 0 Å². The molecule has 1 aliphatic rings. The number of benzene rings is 2. The van der Waals surface area contributed by atoms with Crippen molar-refractivity contribution >= 4 is 21.7 Å². The number of hydrogen-bond donors (Lipinski definition) is 0. The van der Waals surface area contributed by atoms with Crippen molar-refractivity contribution < 1.29 is 27.1 Å². The molecule has 7 nitrogen and oxygen atoms in total. The Morgan fingerprint density at radius 2 is 1.69 bits per heavy atom. The van der Waals surface area contributed by atoms with E-state index in [1.165, 1.54) is 58.6 Å². The minimum Gasteiger partial charge on any atom is -0.484 e. The summed E-state index contributed by atoms with van der Waals surface area (Å²) in [4.78, 5) is 25.3. The van der Waals surface area contributed by atoms with Crippen LogP contribution in [-0.2, 0) is 14.8 Å². The zero-order valence-corrected chi connectivity index (χ0v) is 16.7. The van der Waals surface area contributed by atoms with Gasteiger partial charge in [-0.3, -0.25) is 9.59 Å². The summed E-state index contributed by atoms with van der Waals surface area (Å²) in [5.41, 5.74) is 0.442. The molecule has 0 unspecified atom stereocenters. The van der Waals surface area contributed by atoms with Gasteiger partial charge in [0.2, 0.25) is 10.0 Å². The van der Waals surface area contributed by atoms with Gasteiger partial charge in [-0.05, 0) is 31.2 Å². The van der Waals surface area contributed by atoms with Gasteiger partial charge in [-0.1, -0.05) is 18.2 Å². The summed E-state index contributed by atoms with van der Waals surface area (Å²) in [7, 11) is -3.70. The van der Waals surface area contributed by atoms with E-state index in [2.05, 4.69) is 0 Å². The molecule has 0 aliphatic carbocycles. The van der Waals surface area contributed by atoms with E-state index in [1.54, 1.807) is 6.07 Å². The summed E-state index contributed by atoms with van der Waals surface area (Å²) in [5, 5.41) is 0. The van der Waals surface area contributed by atoms with Crippen LogP contribution < -0.4 is 4.74 Å². The van der Waals surface area contributed by atoms with Gasteiger partial charge in [-0.25, -0.2) is 12.8 Å². The largest absolute Gasteiger partial charge is 0.484 e. The maximum absolute atomic E-state index is 13.1. The van der Waals surface area contributed by atoms with Crippen LogP contribution in [-0.4, -0.2) is 62.1 Å². The van der Waals surface area contributed by atoms with Gasteiger partial charge >= 0.3 is 0 Å². The smallest absolute Gasteiger partial charge is 0.260 e. The lowest BCUT2D eigenvalue weighted by atomic mass is 10.2. The third kappa shape index (κ3) is 4.99. The number of piperazine rings is 1. The molecule has 0 atom stereocenters. The Morgan fingerprint density at radius 3 is 2.28 bits per heavy atom. The van der Waals surface area contributed by atoms with Crippen LogP contribution in [0.25, 0.3) is 0 Å². The number of carbonyl (C=O) groups excluding carboxylic acids is 2. The summed E-state index contributed by atoms with van der Waals surface area (Å²) >= 11 is 0. The average Bonchev–Trinajstić information content (AvgIpc) is 2.72. The van der Waals surface area contributed by atoms with Crippen LogP contribution in [0.3, 0.4) is 0 Å². The fraction of sp³-hybridized carbons (Fsp3) is 0.300. The predicted octanol–water partition coefficient (Wildman–Crippen LogP) is 1.94. The Kier molecular flexibility index (Phi) is 6.29. The predicted molar refractivity (Wildman–Crippen MR) is 104 cm³/mol. The van der Waals surface area contributed by atoms with E-state index in [0.717, 1.165) is 0 Å². The molecule has 0 radical (unpaired) electrons. The molecule has 0 spiro atoms. The Labute approximate surface area is 168 Å². The summed E-state index contributed by atoms with van der Waals surface area (Å²) in [6.07, 6.45) is 0. The van der Waals surface area contributed by atoms with Crippen LogP contribution >= 0.6 is 0 Å². The number of sulfonamides is 1. The van der Waals surface area contributed by atoms with Gasteiger partial charge in [-0.15, -0.1) is 0 Å². The van der Waals surface area contributed by atoms with Crippen molar-refractivity contribution in [1.82, 2.24) is 9.21 Å². The molecule has 0 N–H and O–H groups in total. The molecule has 2 aromatic rings. The highest BCUT2D eigenvalue weighted by Gasteiger charge is 2.30. The van der Waals surface area contributed by atoms with Crippen molar-refractivity contribution in [2.45, 2.75) is 11.8 Å². The molecule has 154 valence electrons. The number of ketones is 1. The molecule has 3 rings (SSSR count). The van der Waals surface area contributed by atoms with E-state index in [-0.39, 0.29) is 55.1 Å². The number of amides is 1. The molecule has 0 aromatic heterocycles. The van der Waals surface area contributed by atoms with Gasteiger partial charge in [-0.2, -0.15) is 4.31 Å². The van der Waals surface area contributed by atoms with Gasteiger partial charge in [0.1, 0.15) is 11.6 Å². The minimum atomic E-state index is -3.70. The normalized spacial score (nSPS) is 15.2. The molecule has 1 fully saturated rings. The maximum Gasteiger partial charge on any atom is 0.260 e. The van der Waals surface area contributed by atoms with Crippen LogP contribution in [0, 0.1) is 5.82 Å². The van der Waals surface area contributed by atoms with Crippen LogP contribution in [0.15, 0.2) is 53.4 Å². The Hall–Kier alpha value is -2.78. The lowest BCUT2D eigenvalue weighted by Gasteiger charge is -2.34. The summed E-state index contributed by atoms with van der Waals surface area (Å²) in [6, 6.07) is 11.3. The van der Waals surface area contributed by atoms with E-state index in [0.29, 0.717) is 5.56 Å². The third-order valence-corrected chi connectivity index (χ3v) is 6.56. The summed E-state index contributed by atoms with van der Waals surface area (Å²) in [6.45, 7) is 1.94. The molecule has 0 bridgehead atoms. The monoisotopic (exact) mass is 420 g/mol. The van der Waals surface area contributed by atoms with E-state index in [4.69, 9.17) is 4.74 Å². The maximum atomic E-state index is 13.1.